The molecule has 0 spiro atoms. The molecule has 2 atom stereocenters. The number of carbonyl (C=O) groups is 2. The van der Waals surface area contributed by atoms with Crippen molar-refractivity contribution >= 4 is 29.3 Å². The fourth-order valence-electron chi connectivity index (χ4n) is 2.22. The van der Waals surface area contributed by atoms with Crippen molar-refractivity contribution in [1.29, 1.82) is 0 Å². The smallest absolute Gasteiger partial charge is 0.251 e. The molecule has 1 aromatic carbocycles. The molecule has 1 aliphatic heterocycles. The zero-order valence-electron chi connectivity index (χ0n) is 12.4. The van der Waals surface area contributed by atoms with Gasteiger partial charge < -0.3 is 20.2 Å². The Hall–Kier alpha value is -2.25. The standard InChI is InChI=1S/C16H16N2O4S/c1-9-15(20)18-11-7-10(4-5-14(11)23-9)16(21)17-8-12(19)13-3-2-6-22-13/h2-7,9,12,19H,8H2,1H3,(H,17,21)(H,18,20). The van der Waals surface area contributed by atoms with Gasteiger partial charge in [0.25, 0.3) is 5.91 Å². The van der Waals surface area contributed by atoms with Gasteiger partial charge in [-0.15, -0.1) is 11.8 Å². The summed E-state index contributed by atoms with van der Waals surface area (Å²) in [7, 11) is 0. The minimum absolute atomic E-state index is 0.0432. The monoisotopic (exact) mass is 332 g/mol. The Balaban J connectivity index is 1.66. The van der Waals surface area contributed by atoms with E-state index in [1.165, 1.54) is 18.0 Å². The van der Waals surface area contributed by atoms with Gasteiger partial charge in [-0.3, -0.25) is 9.59 Å². The molecule has 1 aliphatic rings. The SMILES string of the molecule is CC1Sc2ccc(C(=O)NCC(O)c3ccco3)cc2NC1=O. The van der Waals surface area contributed by atoms with Crippen molar-refractivity contribution in [2.45, 2.75) is 23.2 Å². The molecule has 7 heteroatoms. The van der Waals surface area contributed by atoms with Gasteiger partial charge in [0.1, 0.15) is 11.9 Å². The third-order valence-electron chi connectivity index (χ3n) is 3.50. The number of aliphatic hydroxyl groups excluding tert-OH is 1. The molecule has 0 radical (unpaired) electrons. The molecule has 3 rings (SSSR count). The highest BCUT2D eigenvalue weighted by Gasteiger charge is 2.23. The zero-order valence-corrected chi connectivity index (χ0v) is 13.2. The number of amides is 2. The fourth-order valence-corrected chi connectivity index (χ4v) is 3.15. The Kier molecular flexibility index (Phi) is 4.40. The van der Waals surface area contributed by atoms with E-state index in [9.17, 15) is 14.7 Å². The lowest BCUT2D eigenvalue weighted by Gasteiger charge is -2.21. The molecule has 2 amide bonds. The maximum absolute atomic E-state index is 12.2. The van der Waals surface area contributed by atoms with Crippen LogP contribution >= 0.6 is 11.8 Å². The van der Waals surface area contributed by atoms with Crippen molar-refractivity contribution in [1.82, 2.24) is 5.32 Å². The number of fused-ring (bicyclic) bond motifs is 1. The van der Waals surface area contributed by atoms with Crippen LogP contribution in [0, 0.1) is 0 Å². The van der Waals surface area contributed by atoms with Crippen molar-refractivity contribution in [3.8, 4) is 0 Å². The second kappa shape index (κ2) is 6.47. The quantitative estimate of drug-likeness (QED) is 0.798. The number of furan rings is 1. The molecule has 23 heavy (non-hydrogen) atoms. The number of nitrogens with one attached hydrogen (secondary N) is 2. The maximum Gasteiger partial charge on any atom is 0.251 e. The van der Waals surface area contributed by atoms with E-state index in [1.54, 1.807) is 24.3 Å². The molecule has 2 aromatic rings. The largest absolute Gasteiger partial charge is 0.467 e. The van der Waals surface area contributed by atoms with Gasteiger partial charge in [-0.05, 0) is 37.3 Å². The van der Waals surface area contributed by atoms with Gasteiger partial charge in [-0.2, -0.15) is 0 Å². The van der Waals surface area contributed by atoms with E-state index in [-0.39, 0.29) is 23.6 Å². The van der Waals surface area contributed by atoms with Crippen LogP contribution in [0.4, 0.5) is 5.69 Å². The average Bonchev–Trinajstić information content (AvgIpc) is 3.07. The number of aliphatic hydroxyl groups is 1. The molecule has 0 aliphatic carbocycles. The molecular formula is C16H16N2O4S. The highest BCUT2D eigenvalue weighted by molar-refractivity contribution is 8.00. The second-order valence-corrected chi connectivity index (χ2v) is 6.58. The summed E-state index contributed by atoms with van der Waals surface area (Å²) in [5.41, 5.74) is 1.06. The van der Waals surface area contributed by atoms with Crippen LogP contribution in [0.25, 0.3) is 0 Å². The highest BCUT2D eigenvalue weighted by Crippen LogP contribution is 2.35. The van der Waals surface area contributed by atoms with Crippen molar-refractivity contribution < 1.29 is 19.1 Å². The number of rotatable bonds is 4. The average molecular weight is 332 g/mol. The van der Waals surface area contributed by atoms with Crippen molar-refractivity contribution in [2.75, 3.05) is 11.9 Å². The summed E-state index contributed by atoms with van der Waals surface area (Å²) in [6.07, 6.45) is 0.563. The van der Waals surface area contributed by atoms with Crippen molar-refractivity contribution in [2.24, 2.45) is 0 Å². The lowest BCUT2D eigenvalue weighted by Crippen LogP contribution is -2.29. The van der Waals surface area contributed by atoms with Crippen molar-refractivity contribution in [3.63, 3.8) is 0 Å². The van der Waals surface area contributed by atoms with Gasteiger partial charge in [0.05, 0.1) is 23.7 Å². The summed E-state index contributed by atoms with van der Waals surface area (Å²) in [4.78, 5) is 24.8. The minimum Gasteiger partial charge on any atom is -0.467 e. The summed E-state index contributed by atoms with van der Waals surface area (Å²) in [6, 6.07) is 8.47. The van der Waals surface area contributed by atoms with Crippen molar-refractivity contribution in [3.05, 3.63) is 47.9 Å². The molecule has 3 N–H and O–H groups in total. The van der Waals surface area contributed by atoms with Crippen LogP contribution in [0.1, 0.15) is 29.1 Å². The van der Waals surface area contributed by atoms with Gasteiger partial charge in [0, 0.05) is 10.5 Å². The lowest BCUT2D eigenvalue weighted by molar-refractivity contribution is -0.115. The van der Waals surface area contributed by atoms with Gasteiger partial charge in [0.2, 0.25) is 5.91 Å². The molecule has 1 aromatic heterocycles. The predicted octanol–water partition coefficient (Wildman–Crippen LogP) is 2.18. The number of hydrogen-bond donors (Lipinski definition) is 3. The Labute approximate surface area is 137 Å². The summed E-state index contributed by atoms with van der Waals surface area (Å²) in [5.74, 6) is -0.00188. The normalized spacial score (nSPS) is 18.0. The highest BCUT2D eigenvalue weighted by atomic mass is 32.2. The number of anilines is 1. The van der Waals surface area contributed by atoms with Gasteiger partial charge in [-0.1, -0.05) is 0 Å². The molecular weight excluding hydrogens is 316 g/mol. The number of thioether (sulfide) groups is 1. The molecule has 0 saturated heterocycles. The lowest BCUT2D eigenvalue weighted by atomic mass is 10.1. The van der Waals surface area contributed by atoms with E-state index >= 15 is 0 Å². The summed E-state index contributed by atoms with van der Waals surface area (Å²) < 4.78 is 5.08. The zero-order chi connectivity index (χ0) is 16.4. The van der Waals surface area contributed by atoms with Gasteiger partial charge >= 0.3 is 0 Å². The summed E-state index contributed by atoms with van der Waals surface area (Å²) in [5, 5.41) is 15.2. The van der Waals surface area contributed by atoms with Gasteiger partial charge in [-0.25, -0.2) is 0 Å². The topological polar surface area (TPSA) is 91.6 Å². The van der Waals surface area contributed by atoms with Crippen LogP contribution < -0.4 is 10.6 Å². The van der Waals surface area contributed by atoms with Gasteiger partial charge in [0.15, 0.2) is 0 Å². The molecule has 2 unspecified atom stereocenters. The number of carbonyl (C=O) groups excluding carboxylic acids is 2. The van der Waals surface area contributed by atoms with E-state index in [1.807, 2.05) is 13.0 Å². The molecule has 6 nitrogen and oxygen atoms in total. The first kappa shape index (κ1) is 15.6. The second-order valence-electron chi connectivity index (χ2n) is 5.20. The molecule has 2 heterocycles. The van der Waals surface area contributed by atoms with Crippen LogP contribution in [0.3, 0.4) is 0 Å². The van der Waals surface area contributed by atoms with E-state index in [0.29, 0.717) is 17.0 Å². The maximum atomic E-state index is 12.2. The van der Waals surface area contributed by atoms with Crippen LogP contribution in [0.2, 0.25) is 0 Å². The molecule has 0 saturated carbocycles. The van der Waals surface area contributed by atoms with E-state index in [4.69, 9.17) is 4.42 Å². The predicted molar refractivity (Wildman–Crippen MR) is 86.4 cm³/mol. The Bertz CT molecular complexity index is 730. The van der Waals surface area contributed by atoms with E-state index in [2.05, 4.69) is 10.6 Å². The van der Waals surface area contributed by atoms with Crippen LogP contribution in [0.15, 0.2) is 45.9 Å². The Morgan fingerprint density at radius 3 is 3.04 bits per heavy atom. The summed E-state index contributed by atoms with van der Waals surface area (Å²) in [6.45, 7) is 1.88. The first-order chi connectivity index (χ1) is 11.0. The Morgan fingerprint density at radius 1 is 1.48 bits per heavy atom. The number of benzene rings is 1. The fraction of sp³-hybridized carbons (Fsp3) is 0.250. The molecule has 0 bridgehead atoms. The molecule has 120 valence electrons. The van der Waals surface area contributed by atoms with E-state index in [0.717, 1.165) is 4.90 Å². The van der Waals surface area contributed by atoms with Crippen LogP contribution in [-0.4, -0.2) is 28.7 Å². The molecule has 0 fully saturated rings. The summed E-state index contributed by atoms with van der Waals surface area (Å²) >= 11 is 1.46. The first-order valence-electron chi connectivity index (χ1n) is 7.16. The first-order valence-corrected chi connectivity index (χ1v) is 8.04. The van der Waals surface area contributed by atoms with Crippen LogP contribution in [0.5, 0.6) is 0 Å². The van der Waals surface area contributed by atoms with Crippen LogP contribution in [-0.2, 0) is 4.79 Å². The Morgan fingerprint density at radius 2 is 2.30 bits per heavy atom. The van der Waals surface area contributed by atoms with E-state index < -0.39 is 6.10 Å². The third-order valence-corrected chi connectivity index (χ3v) is 4.68. The minimum atomic E-state index is -0.900. The number of hydrogen-bond acceptors (Lipinski definition) is 5. The third kappa shape index (κ3) is 3.40.